The highest BCUT2D eigenvalue weighted by molar-refractivity contribution is 5.08. The zero-order valence-electron chi connectivity index (χ0n) is 9.33. The fraction of sp³-hybridized carbons (Fsp3) is 0.700. The average Bonchev–Trinajstić information content (AvgIpc) is 2.42. The van der Waals surface area contributed by atoms with E-state index in [4.69, 9.17) is 5.11 Å². The van der Waals surface area contributed by atoms with E-state index in [1.165, 1.54) is 0 Å². The van der Waals surface area contributed by atoms with Crippen LogP contribution in [0.2, 0.25) is 0 Å². The first-order valence-corrected chi connectivity index (χ1v) is 4.80. The summed E-state index contributed by atoms with van der Waals surface area (Å²) in [5.74, 6) is 0. The van der Waals surface area contributed by atoms with Crippen molar-refractivity contribution >= 4 is 0 Å². The van der Waals surface area contributed by atoms with Crippen LogP contribution >= 0.6 is 0 Å². The highest BCUT2D eigenvalue weighted by Gasteiger charge is 2.15. The molecule has 0 aliphatic carbocycles. The van der Waals surface area contributed by atoms with Gasteiger partial charge in [-0.2, -0.15) is 5.10 Å². The molecular formula is C10H19N3O. The molecule has 4 heteroatoms. The van der Waals surface area contributed by atoms with E-state index < -0.39 is 0 Å². The number of aromatic nitrogens is 2. The second-order valence-electron chi connectivity index (χ2n) is 4.30. The maximum absolute atomic E-state index is 9.06. The summed E-state index contributed by atoms with van der Waals surface area (Å²) in [5.41, 5.74) is 1.91. The summed E-state index contributed by atoms with van der Waals surface area (Å²) in [6.07, 6.45) is 0. The van der Waals surface area contributed by atoms with Gasteiger partial charge in [0.05, 0.1) is 18.0 Å². The van der Waals surface area contributed by atoms with Crippen molar-refractivity contribution in [3.05, 3.63) is 17.5 Å². The first-order valence-electron chi connectivity index (χ1n) is 4.80. The predicted molar refractivity (Wildman–Crippen MR) is 55.9 cm³/mol. The maximum atomic E-state index is 9.06. The van der Waals surface area contributed by atoms with Gasteiger partial charge in [0.25, 0.3) is 0 Å². The van der Waals surface area contributed by atoms with Gasteiger partial charge in [-0.3, -0.25) is 4.68 Å². The van der Waals surface area contributed by atoms with Crippen LogP contribution in [-0.2, 0) is 13.6 Å². The zero-order valence-corrected chi connectivity index (χ0v) is 9.33. The molecule has 0 unspecified atom stereocenters. The first kappa shape index (κ1) is 11.2. The Morgan fingerprint density at radius 1 is 1.57 bits per heavy atom. The molecule has 2 N–H and O–H groups in total. The van der Waals surface area contributed by atoms with Crippen LogP contribution in [0.5, 0.6) is 0 Å². The van der Waals surface area contributed by atoms with Crippen LogP contribution in [0.4, 0.5) is 0 Å². The molecule has 0 spiro atoms. The number of aliphatic hydroxyl groups excluding tert-OH is 1. The summed E-state index contributed by atoms with van der Waals surface area (Å²) in [6.45, 7) is 6.77. The molecule has 4 nitrogen and oxygen atoms in total. The molecule has 14 heavy (non-hydrogen) atoms. The Morgan fingerprint density at radius 3 is 2.64 bits per heavy atom. The van der Waals surface area contributed by atoms with Crippen LogP contribution in [0.1, 0.15) is 25.2 Å². The largest absolute Gasteiger partial charge is 0.394 e. The number of aliphatic hydroxyl groups is 1. The Balaban J connectivity index is 2.58. The average molecular weight is 197 g/mol. The normalized spacial score (nSPS) is 12.1. The first-order chi connectivity index (χ1) is 6.44. The highest BCUT2D eigenvalue weighted by atomic mass is 16.3. The van der Waals surface area contributed by atoms with E-state index in [2.05, 4.69) is 10.4 Å². The smallest absolute Gasteiger partial charge is 0.0607 e. The zero-order chi connectivity index (χ0) is 10.8. The van der Waals surface area contributed by atoms with Gasteiger partial charge in [0.1, 0.15) is 0 Å². The summed E-state index contributed by atoms with van der Waals surface area (Å²) >= 11 is 0. The van der Waals surface area contributed by atoms with Gasteiger partial charge in [-0.1, -0.05) is 0 Å². The van der Waals surface area contributed by atoms with Gasteiger partial charge in [-0.25, -0.2) is 0 Å². The summed E-state index contributed by atoms with van der Waals surface area (Å²) in [7, 11) is 1.93. The van der Waals surface area contributed by atoms with Gasteiger partial charge in [-0.05, 0) is 26.8 Å². The fourth-order valence-corrected chi connectivity index (χ4v) is 1.22. The standard InChI is InChI=1S/C10H19N3O/c1-8-5-9(13(4)12-8)6-11-10(2,3)7-14/h5,11,14H,6-7H2,1-4H3. The predicted octanol–water partition coefficient (Wildman–Crippen LogP) is 0.589. The van der Waals surface area contributed by atoms with Crippen molar-refractivity contribution in [3.8, 4) is 0 Å². The molecule has 0 saturated heterocycles. The summed E-state index contributed by atoms with van der Waals surface area (Å²) in [4.78, 5) is 0. The second kappa shape index (κ2) is 4.11. The van der Waals surface area contributed by atoms with E-state index >= 15 is 0 Å². The van der Waals surface area contributed by atoms with E-state index in [1.54, 1.807) is 0 Å². The second-order valence-corrected chi connectivity index (χ2v) is 4.30. The molecule has 0 bridgehead atoms. The van der Waals surface area contributed by atoms with Crippen LogP contribution in [0.25, 0.3) is 0 Å². The number of nitrogens with zero attached hydrogens (tertiary/aromatic N) is 2. The van der Waals surface area contributed by atoms with Gasteiger partial charge in [0.15, 0.2) is 0 Å². The van der Waals surface area contributed by atoms with Crippen molar-refractivity contribution < 1.29 is 5.11 Å². The number of rotatable bonds is 4. The molecule has 1 heterocycles. The fourth-order valence-electron chi connectivity index (χ4n) is 1.22. The van der Waals surface area contributed by atoms with E-state index in [0.29, 0.717) is 0 Å². The molecule has 0 aromatic carbocycles. The molecule has 0 saturated carbocycles. The Hall–Kier alpha value is -0.870. The van der Waals surface area contributed by atoms with E-state index in [9.17, 15) is 0 Å². The third kappa shape index (κ3) is 2.82. The summed E-state index contributed by atoms with van der Waals surface area (Å²) in [6, 6.07) is 2.04. The van der Waals surface area contributed by atoms with Crippen molar-refractivity contribution in [3.63, 3.8) is 0 Å². The Kier molecular flexibility index (Phi) is 3.29. The molecule has 1 rings (SSSR count). The van der Waals surface area contributed by atoms with Gasteiger partial charge < -0.3 is 10.4 Å². The molecule has 0 radical (unpaired) electrons. The number of hydrogen-bond donors (Lipinski definition) is 2. The third-order valence-electron chi connectivity index (χ3n) is 2.24. The summed E-state index contributed by atoms with van der Waals surface area (Å²) in [5, 5.41) is 16.6. The Morgan fingerprint density at radius 2 is 2.21 bits per heavy atom. The van der Waals surface area contributed by atoms with Crippen molar-refractivity contribution in [1.29, 1.82) is 0 Å². The lowest BCUT2D eigenvalue weighted by Crippen LogP contribution is -2.42. The van der Waals surface area contributed by atoms with Crippen LogP contribution in [-0.4, -0.2) is 27.0 Å². The van der Waals surface area contributed by atoms with Crippen molar-refractivity contribution in [2.75, 3.05) is 6.61 Å². The minimum absolute atomic E-state index is 0.129. The molecule has 0 amide bonds. The minimum Gasteiger partial charge on any atom is -0.394 e. The monoisotopic (exact) mass is 197 g/mol. The van der Waals surface area contributed by atoms with Gasteiger partial charge in [-0.15, -0.1) is 0 Å². The lowest BCUT2D eigenvalue weighted by molar-refractivity contribution is 0.186. The van der Waals surface area contributed by atoms with Crippen molar-refractivity contribution in [1.82, 2.24) is 15.1 Å². The quantitative estimate of drug-likeness (QED) is 0.742. The molecule has 80 valence electrons. The summed E-state index contributed by atoms with van der Waals surface area (Å²) < 4.78 is 1.86. The molecule has 0 aliphatic rings. The van der Waals surface area contributed by atoms with Crippen LogP contribution in [0.15, 0.2) is 6.07 Å². The molecule has 1 aromatic rings. The highest BCUT2D eigenvalue weighted by Crippen LogP contribution is 2.05. The molecule has 0 fully saturated rings. The minimum atomic E-state index is -0.238. The SMILES string of the molecule is Cc1cc(CNC(C)(C)CO)n(C)n1. The van der Waals surface area contributed by atoms with Crippen LogP contribution in [0.3, 0.4) is 0 Å². The van der Waals surface area contributed by atoms with Gasteiger partial charge in [0, 0.05) is 19.1 Å². The van der Waals surface area contributed by atoms with Crippen LogP contribution in [0, 0.1) is 6.92 Å². The van der Waals surface area contributed by atoms with Crippen LogP contribution < -0.4 is 5.32 Å². The van der Waals surface area contributed by atoms with E-state index in [0.717, 1.165) is 17.9 Å². The topological polar surface area (TPSA) is 50.1 Å². The van der Waals surface area contributed by atoms with Crippen molar-refractivity contribution in [2.45, 2.75) is 32.9 Å². The van der Waals surface area contributed by atoms with Gasteiger partial charge in [0.2, 0.25) is 0 Å². The Labute approximate surface area is 84.9 Å². The molecule has 0 atom stereocenters. The van der Waals surface area contributed by atoms with E-state index in [-0.39, 0.29) is 12.1 Å². The number of aryl methyl sites for hydroxylation is 2. The van der Waals surface area contributed by atoms with E-state index in [1.807, 2.05) is 38.6 Å². The maximum Gasteiger partial charge on any atom is 0.0607 e. The van der Waals surface area contributed by atoms with Gasteiger partial charge >= 0.3 is 0 Å². The number of hydrogen-bond acceptors (Lipinski definition) is 3. The molecule has 1 aromatic heterocycles. The van der Waals surface area contributed by atoms with Crippen molar-refractivity contribution in [2.24, 2.45) is 7.05 Å². The lowest BCUT2D eigenvalue weighted by Gasteiger charge is -2.23. The Bertz CT molecular complexity index is 304. The molecular weight excluding hydrogens is 178 g/mol. The number of nitrogens with one attached hydrogen (secondary N) is 1. The third-order valence-corrected chi connectivity index (χ3v) is 2.24. The molecule has 0 aliphatic heterocycles. The lowest BCUT2D eigenvalue weighted by atomic mass is 10.1.